The Kier molecular flexibility index (Phi) is 7.05. The zero-order valence-electron chi connectivity index (χ0n) is 18.8. The first-order valence-electron chi connectivity index (χ1n) is 11.4. The van der Waals surface area contributed by atoms with Gasteiger partial charge in [-0.2, -0.15) is 5.01 Å². The summed E-state index contributed by atoms with van der Waals surface area (Å²) in [4.78, 5) is 40.8. The first-order valence-corrected chi connectivity index (χ1v) is 11.4. The van der Waals surface area contributed by atoms with Crippen molar-refractivity contribution in [2.24, 2.45) is 0 Å². The smallest absolute Gasteiger partial charge is 0.344 e. The summed E-state index contributed by atoms with van der Waals surface area (Å²) in [7, 11) is 0. The third-order valence-corrected chi connectivity index (χ3v) is 6.23. The van der Waals surface area contributed by atoms with Crippen LogP contribution in [-0.4, -0.2) is 53.6 Å². The number of amides is 4. The number of hydrogen-bond donors (Lipinski definition) is 2. The topological polar surface area (TPSA) is 91.0 Å². The minimum atomic E-state index is -1.19. The molecule has 2 aromatic rings. The Labute approximate surface area is 193 Å². The van der Waals surface area contributed by atoms with Crippen LogP contribution in [0.15, 0.2) is 60.7 Å². The number of urea groups is 1. The van der Waals surface area contributed by atoms with Crippen LogP contribution in [0.5, 0.6) is 0 Å². The largest absolute Gasteiger partial charge is 0.377 e. The maximum absolute atomic E-state index is 13.3. The molecule has 0 radical (unpaired) electrons. The monoisotopic (exact) mass is 450 g/mol. The third-order valence-electron chi connectivity index (χ3n) is 6.23. The van der Waals surface area contributed by atoms with Gasteiger partial charge in [-0.15, -0.1) is 0 Å². The molecular weight excluding hydrogens is 420 g/mol. The zero-order chi connectivity index (χ0) is 23.3. The minimum absolute atomic E-state index is 0.0380. The molecule has 2 atom stereocenters. The maximum Gasteiger partial charge on any atom is 0.344 e. The Morgan fingerprint density at radius 3 is 2.48 bits per heavy atom. The molecule has 2 aromatic carbocycles. The van der Waals surface area contributed by atoms with Gasteiger partial charge in [0.2, 0.25) is 0 Å². The Hall–Kier alpha value is -3.23. The van der Waals surface area contributed by atoms with E-state index in [4.69, 9.17) is 4.74 Å². The number of carbonyl (C=O) groups excluding carboxylic acids is 3. The highest BCUT2D eigenvalue weighted by molar-refractivity contribution is 6.08. The van der Waals surface area contributed by atoms with Crippen molar-refractivity contribution in [3.63, 3.8) is 0 Å². The van der Waals surface area contributed by atoms with Gasteiger partial charge in [-0.05, 0) is 30.4 Å². The standard InChI is InChI=1S/C25H30N4O4/c1-2-25(20-12-7-4-8-13-20)23(31)29(24(32)26-25)27-22(30)18-28(17-21-14-9-15-33-21)16-19-10-5-3-6-11-19/h3-8,10-13,21H,2,9,14-18H2,1H3,(H,26,32)(H,27,30). The molecular formula is C25H30N4O4. The average Bonchev–Trinajstić information content (AvgIpc) is 3.42. The molecule has 2 unspecified atom stereocenters. The second-order valence-corrected chi connectivity index (χ2v) is 8.52. The molecule has 2 fully saturated rings. The van der Waals surface area contributed by atoms with E-state index in [1.807, 2.05) is 60.4 Å². The summed E-state index contributed by atoms with van der Waals surface area (Å²) in [6.07, 6.45) is 2.41. The van der Waals surface area contributed by atoms with Crippen molar-refractivity contribution < 1.29 is 19.1 Å². The van der Waals surface area contributed by atoms with Gasteiger partial charge in [0.15, 0.2) is 0 Å². The molecule has 174 valence electrons. The van der Waals surface area contributed by atoms with Crippen molar-refractivity contribution in [2.75, 3.05) is 19.7 Å². The van der Waals surface area contributed by atoms with E-state index >= 15 is 0 Å². The fourth-order valence-electron chi connectivity index (χ4n) is 4.50. The van der Waals surface area contributed by atoms with Gasteiger partial charge < -0.3 is 10.1 Å². The molecule has 0 saturated carbocycles. The van der Waals surface area contributed by atoms with Crippen LogP contribution in [0.4, 0.5) is 4.79 Å². The number of nitrogens with zero attached hydrogens (tertiary/aromatic N) is 2. The highest BCUT2D eigenvalue weighted by Gasteiger charge is 2.52. The van der Waals surface area contributed by atoms with E-state index in [2.05, 4.69) is 10.7 Å². The first kappa shape index (κ1) is 22.9. The molecule has 0 spiro atoms. The van der Waals surface area contributed by atoms with Crippen LogP contribution in [0.2, 0.25) is 0 Å². The lowest BCUT2D eigenvalue weighted by atomic mass is 9.87. The van der Waals surface area contributed by atoms with Crippen LogP contribution < -0.4 is 10.7 Å². The van der Waals surface area contributed by atoms with Crippen molar-refractivity contribution in [2.45, 2.75) is 44.4 Å². The summed E-state index contributed by atoms with van der Waals surface area (Å²) in [6, 6.07) is 18.3. The molecule has 33 heavy (non-hydrogen) atoms. The van der Waals surface area contributed by atoms with Crippen LogP contribution in [0.3, 0.4) is 0 Å². The third kappa shape index (κ3) is 5.07. The molecule has 0 bridgehead atoms. The quantitative estimate of drug-likeness (QED) is 0.573. The Balaban J connectivity index is 1.45. The van der Waals surface area contributed by atoms with E-state index in [1.165, 1.54) is 0 Å². The van der Waals surface area contributed by atoms with E-state index in [9.17, 15) is 14.4 Å². The van der Waals surface area contributed by atoms with E-state index in [-0.39, 0.29) is 12.6 Å². The normalized spacial score (nSPS) is 22.6. The summed E-state index contributed by atoms with van der Waals surface area (Å²) >= 11 is 0. The molecule has 2 heterocycles. The van der Waals surface area contributed by atoms with E-state index in [0.29, 0.717) is 25.1 Å². The van der Waals surface area contributed by atoms with E-state index in [1.54, 1.807) is 12.1 Å². The highest BCUT2D eigenvalue weighted by Crippen LogP contribution is 2.31. The fraction of sp³-hybridized carbons (Fsp3) is 0.400. The van der Waals surface area contributed by atoms with Gasteiger partial charge in [-0.25, -0.2) is 4.79 Å². The van der Waals surface area contributed by atoms with Crippen molar-refractivity contribution in [1.82, 2.24) is 20.7 Å². The van der Waals surface area contributed by atoms with Crippen LogP contribution in [-0.2, 0) is 26.4 Å². The second-order valence-electron chi connectivity index (χ2n) is 8.52. The summed E-state index contributed by atoms with van der Waals surface area (Å²) < 4.78 is 5.76. The van der Waals surface area contributed by atoms with Gasteiger partial charge in [0.05, 0.1) is 12.6 Å². The van der Waals surface area contributed by atoms with Gasteiger partial charge in [0.25, 0.3) is 11.8 Å². The van der Waals surface area contributed by atoms with Crippen molar-refractivity contribution >= 4 is 17.8 Å². The predicted octanol–water partition coefficient (Wildman–Crippen LogP) is 2.56. The molecule has 0 aromatic heterocycles. The van der Waals surface area contributed by atoms with Gasteiger partial charge >= 0.3 is 6.03 Å². The molecule has 4 rings (SSSR count). The lowest BCUT2D eigenvalue weighted by Crippen LogP contribution is -2.51. The molecule has 2 aliphatic rings. The number of benzene rings is 2. The van der Waals surface area contributed by atoms with Crippen LogP contribution >= 0.6 is 0 Å². The molecule has 8 nitrogen and oxygen atoms in total. The van der Waals surface area contributed by atoms with Crippen LogP contribution in [0.25, 0.3) is 0 Å². The first-order chi connectivity index (χ1) is 16.0. The van der Waals surface area contributed by atoms with E-state index in [0.717, 1.165) is 30.0 Å². The number of ether oxygens (including phenoxy) is 1. The summed E-state index contributed by atoms with van der Waals surface area (Å²) in [5.41, 5.74) is 3.10. The average molecular weight is 451 g/mol. The maximum atomic E-state index is 13.3. The minimum Gasteiger partial charge on any atom is -0.377 e. The fourth-order valence-corrected chi connectivity index (χ4v) is 4.50. The molecule has 4 amide bonds. The van der Waals surface area contributed by atoms with Crippen molar-refractivity contribution in [3.05, 3.63) is 71.8 Å². The molecule has 2 aliphatic heterocycles. The second kappa shape index (κ2) is 10.1. The van der Waals surface area contributed by atoms with Crippen LogP contribution in [0.1, 0.15) is 37.3 Å². The molecule has 2 N–H and O–H groups in total. The lowest BCUT2D eigenvalue weighted by Gasteiger charge is -2.27. The molecule has 0 aliphatic carbocycles. The Bertz CT molecular complexity index is 978. The summed E-state index contributed by atoms with van der Waals surface area (Å²) in [5, 5.41) is 3.59. The SMILES string of the molecule is CCC1(c2ccccc2)NC(=O)N(NC(=O)CN(Cc2ccccc2)CC2CCCO2)C1=O. The molecule has 2 saturated heterocycles. The summed E-state index contributed by atoms with van der Waals surface area (Å²) in [6.45, 7) is 3.77. The Morgan fingerprint density at radius 2 is 1.85 bits per heavy atom. The summed E-state index contributed by atoms with van der Waals surface area (Å²) in [5.74, 6) is -0.907. The number of imide groups is 1. The van der Waals surface area contributed by atoms with Crippen molar-refractivity contribution in [1.29, 1.82) is 0 Å². The predicted molar refractivity (Wildman–Crippen MR) is 123 cm³/mol. The number of rotatable bonds is 9. The number of nitrogens with one attached hydrogen (secondary N) is 2. The number of hydrazine groups is 1. The molecule has 8 heteroatoms. The number of carbonyl (C=O) groups is 3. The number of hydrogen-bond acceptors (Lipinski definition) is 5. The van der Waals surface area contributed by atoms with Gasteiger partial charge in [0.1, 0.15) is 5.54 Å². The highest BCUT2D eigenvalue weighted by atomic mass is 16.5. The van der Waals surface area contributed by atoms with Crippen LogP contribution in [0, 0.1) is 0 Å². The zero-order valence-corrected chi connectivity index (χ0v) is 18.8. The van der Waals surface area contributed by atoms with Crippen molar-refractivity contribution in [3.8, 4) is 0 Å². The van der Waals surface area contributed by atoms with E-state index < -0.39 is 23.4 Å². The van der Waals surface area contributed by atoms with Gasteiger partial charge in [0, 0.05) is 19.7 Å². The van der Waals surface area contributed by atoms with Gasteiger partial charge in [-0.1, -0.05) is 67.6 Å². The lowest BCUT2D eigenvalue weighted by molar-refractivity contribution is -0.140. The van der Waals surface area contributed by atoms with Gasteiger partial charge in [-0.3, -0.25) is 19.9 Å². The Morgan fingerprint density at radius 1 is 1.15 bits per heavy atom.